The number of amides is 2. The Kier molecular flexibility index (Phi) is 6.34. The lowest BCUT2D eigenvalue weighted by Gasteiger charge is -2.14. The summed E-state index contributed by atoms with van der Waals surface area (Å²) in [6, 6.07) is -1.36. The largest absolute Gasteiger partial charge is 0.480 e. The molecule has 0 saturated heterocycles. The van der Waals surface area contributed by atoms with Gasteiger partial charge in [-0.2, -0.15) is 4.98 Å². The minimum Gasteiger partial charge on any atom is -0.480 e. The number of aliphatic carboxylic acids is 1. The number of carbonyl (C=O) groups is 2. The van der Waals surface area contributed by atoms with Crippen LogP contribution in [0.3, 0.4) is 0 Å². The van der Waals surface area contributed by atoms with Crippen molar-refractivity contribution in [1.29, 1.82) is 0 Å². The van der Waals surface area contributed by atoms with Gasteiger partial charge in [-0.05, 0) is 6.42 Å². The Bertz CT molecular complexity index is 393. The maximum Gasteiger partial charge on any atom is 0.326 e. The van der Waals surface area contributed by atoms with E-state index in [1.807, 2.05) is 6.92 Å². The Hall–Kier alpha value is -2.12. The van der Waals surface area contributed by atoms with Crippen molar-refractivity contribution in [2.45, 2.75) is 38.6 Å². The Morgan fingerprint density at radius 3 is 2.89 bits per heavy atom. The number of rotatable bonds is 8. The number of carboxylic acid groups (broad SMARTS) is 1. The van der Waals surface area contributed by atoms with Crippen LogP contribution < -0.4 is 10.6 Å². The van der Waals surface area contributed by atoms with Gasteiger partial charge in [0.25, 0.3) is 0 Å². The number of unbranched alkanes of at least 4 members (excludes halogenated alkanes) is 1. The van der Waals surface area contributed by atoms with Crippen LogP contribution in [0.5, 0.6) is 0 Å². The minimum absolute atomic E-state index is 0.311. The standard InChI is InChI=1S/C11H18N4O4/c1-2-3-4-8(10(16)17)14-11(18)12-6-5-9-13-7-19-15-9/h7-8H,2-6H2,1H3,(H,16,17)(H2,12,14,18)/t8-/m0/s1. The molecule has 2 amide bonds. The zero-order chi connectivity index (χ0) is 14.1. The van der Waals surface area contributed by atoms with Gasteiger partial charge in [-0.25, -0.2) is 9.59 Å². The van der Waals surface area contributed by atoms with E-state index >= 15 is 0 Å². The fraction of sp³-hybridized carbons (Fsp3) is 0.636. The summed E-state index contributed by atoms with van der Waals surface area (Å²) < 4.78 is 4.55. The average Bonchev–Trinajstić information content (AvgIpc) is 2.87. The lowest BCUT2D eigenvalue weighted by atomic mass is 10.1. The summed E-state index contributed by atoms with van der Waals surface area (Å²) >= 11 is 0. The average molecular weight is 270 g/mol. The molecule has 0 unspecified atom stereocenters. The van der Waals surface area contributed by atoms with Gasteiger partial charge < -0.3 is 20.3 Å². The van der Waals surface area contributed by atoms with Crippen LogP contribution in [0, 0.1) is 0 Å². The van der Waals surface area contributed by atoms with Gasteiger partial charge in [0, 0.05) is 13.0 Å². The van der Waals surface area contributed by atoms with Gasteiger partial charge in [0.2, 0.25) is 6.39 Å². The number of hydrogen-bond donors (Lipinski definition) is 3. The van der Waals surface area contributed by atoms with E-state index in [2.05, 4.69) is 25.3 Å². The van der Waals surface area contributed by atoms with E-state index in [4.69, 9.17) is 5.11 Å². The van der Waals surface area contributed by atoms with Crippen LogP contribution in [0.4, 0.5) is 4.79 Å². The molecule has 106 valence electrons. The third-order valence-corrected chi connectivity index (χ3v) is 2.49. The molecule has 19 heavy (non-hydrogen) atoms. The molecule has 1 atom stereocenters. The first kappa shape index (κ1) is 14.9. The van der Waals surface area contributed by atoms with Crippen molar-refractivity contribution in [3.63, 3.8) is 0 Å². The lowest BCUT2D eigenvalue weighted by molar-refractivity contribution is -0.139. The number of aromatic nitrogens is 2. The molecule has 0 aliphatic rings. The molecule has 3 N–H and O–H groups in total. The minimum atomic E-state index is -1.03. The summed E-state index contributed by atoms with van der Waals surface area (Å²) in [5.41, 5.74) is 0. The second-order valence-electron chi connectivity index (χ2n) is 4.03. The third kappa shape index (κ3) is 5.84. The van der Waals surface area contributed by atoms with Crippen molar-refractivity contribution in [3.8, 4) is 0 Å². The smallest absolute Gasteiger partial charge is 0.326 e. The summed E-state index contributed by atoms with van der Waals surface area (Å²) in [5.74, 6) is -0.539. The first-order valence-electron chi connectivity index (χ1n) is 6.16. The van der Waals surface area contributed by atoms with Gasteiger partial charge >= 0.3 is 12.0 Å². The SMILES string of the molecule is CCCC[C@H](NC(=O)NCCc1ncon1)C(=O)O. The van der Waals surface area contributed by atoms with Gasteiger partial charge in [0.05, 0.1) is 0 Å². The zero-order valence-corrected chi connectivity index (χ0v) is 10.8. The molecule has 0 aliphatic carbocycles. The molecule has 8 heteroatoms. The van der Waals surface area contributed by atoms with E-state index in [0.29, 0.717) is 25.2 Å². The number of nitrogens with one attached hydrogen (secondary N) is 2. The Morgan fingerprint density at radius 1 is 1.53 bits per heavy atom. The summed E-state index contributed by atoms with van der Waals surface area (Å²) in [4.78, 5) is 26.2. The normalized spacial score (nSPS) is 11.8. The van der Waals surface area contributed by atoms with Crippen LogP contribution in [-0.4, -0.2) is 39.8 Å². The Morgan fingerprint density at radius 2 is 2.32 bits per heavy atom. The second-order valence-corrected chi connectivity index (χ2v) is 4.03. The molecule has 0 saturated carbocycles. The molecule has 8 nitrogen and oxygen atoms in total. The quantitative estimate of drug-likeness (QED) is 0.635. The Balaban J connectivity index is 2.25. The summed E-state index contributed by atoms with van der Waals surface area (Å²) in [6.07, 6.45) is 3.69. The van der Waals surface area contributed by atoms with Gasteiger partial charge in [0.15, 0.2) is 5.82 Å². The molecule has 1 aromatic rings. The summed E-state index contributed by atoms with van der Waals surface area (Å²) in [5, 5.41) is 17.5. The number of carboxylic acids is 1. The second kappa shape index (κ2) is 8.06. The molecule has 1 rings (SSSR count). The predicted octanol–water partition coefficient (Wildman–Crippen LogP) is 0.555. The van der Waals surface area contributed by atoms with Gasteiger partial charge in [-0.3, -0.25) is 0 Å². The van der Waals surface area contributed by atoms with E-state index in [-0.39, 0.29) is 0 Å². The Labute approximate surface area is 110 Å². The van der Waals surface area contributed by atoms with E-state index in [1.54, 1.807) is 0 Å². The van der Waals surface area contributed by atoms with Crippen LogP contribution in [0.1, 0.15) is 32.0 Å². The first-order valence-corrected chi connectivity index (χ1v) is 6.16. The van der Waals surface area contributed by atoms with Crippen molar-refractivity contribution >= 4 is 12.0 Å². The highest BCUT2D eigenvalue weighted by atomic mass is 16.5. The molecule has 0 bridgehead atoms. The van der Waals surface area contributed by atoms with E-state index < -0.39 is 18.0 Å². The van der Waals surface area contributed by atoms with Crippen LogP contribution in [0.2, 0.25) is 0 Å². The monoisotopic (exact) mass is 270 g/mol. The molecular formula is C11H18N4O4. The molecule has 0 aliphatic heterocycles. The predicted molar refractivity (Wildman–Crippen MR) is 65.5 cm³/mol. The maximum atomic E-state index is 11.5. The molecule has 0 spiro atoms. The van der Waals surface area contributed by atoms with Gasteiger partial charge in [-0.15, -0.1) is 0 Å². The number of urea groups is 1. The highest BCUT2D eigenvalue weighted by Crippen LogP contribution is 2.00. The third-order valence-electron chi connectivity index (χ3n) is 2.49. The number of nitrogens with zero attached hydrogens (tertiary/aromatic N) is 2. The summed E-state index contributed by atoms with van der Waals surface area (Å²) in [7, 11) is 0. The highest BCUT2D eigenvalue weighted by Gasteiger charge is 2.18. The van der Waals surface area contributed by atoms with Crippen LogP contribution in [0.15, 0.2) is 10.9 Å². The maximum absolute atomic E-state index is 11.5. The lowest BCUT2D eigenvalue weighted by Crippen LogP contribution is -2.46. The number of carbonyl (C=O) groups excluding carboxylic acids is 1. The van der Waals surface area contributed by atoms with Crippen molar-refractivity contribution < 1.29 is 19.2 Å². The first-order chi connectivity index (χ1) is 9.13. The van der Waals surface area contributed by atoms with Gasteiger partial charge in [-0.1, -0.05) is 24.9 Å². The zero-order valence-electron chi connectivity index (χ0n) is 10.8. The molecular weight excluding hydrogens is 252 g/mol. The van der Waals surface area contributed by atoms with E-state index in [1.165, 1.54) is 6.39 Å². The van der Waals surface area contributed by atoms with Crippen molar-refractivity contribution in [2.24, 2.45) is 0 Å². The molecule has 1 heterocycles. The fourth-order valence-corrected chi connectivity index (χ4v) is 1.47. The molecule has 0 radical (unpaired) electrons. The summed E-state index contributed by atoms with van der Waals surface area (Å²) in [6.45, 7) is 2.27. The molecule has 0 fully saturated rings. The molecule has 1 aromatic heterocycles. The van der Waals surface area contributed by atoms with Crippen molar-refractivity contribution in [3.05, 3.63) is 12.2 Å². The van der Waals surface area contributed by atoms with Gasteiger partial charge in [0.1, 0.15) is 6.04 Å². The van der Waals surface area contributed by atoms with Crippen LogP contribution >= 0.6 is 0 Å². The van der Waals surface area contributed by atoms with E-state index in [0.717, 1.165) is 12.8 Å². The van der Waals surface area contributed by atoms with Crippen LogP contribution in [-0.2, 0) is 11.2 Å². The van der Waals surface area contributed by atoms with Crippen molar-refractivity contribution in [1.82, 2.24) is 20.8 Å². The topological polar surface area (TPSA) is 117 Å². The highest BCUT2D eigenvalue weighted by molar-refractivity contribution is 5.82. The number of hydrogen-bond acceptors (Lipinski definition) is 5. The fourth-order valence-electron chi connectivity index (χ4n) is 1.47. The van der Waals surface area contributed by atoms with Crippen molar-refractivity contribution in [2.75, 3.05) is 6.54 Å². The van der Waals surface area contributed by atoms with Crippen LogP contribution in [0.25, 0.3) is 0 Å². The van der Waals surface area contributed by atoms with E-state index in [9.17, 15) is 9.59 Å². The molecule has 0 aromatic carbocycles.